The van der Waals surface area contributed by atoms with Gasteiger partial charge in [0, 0.05) is 0 Å². The van der Waals surface area contributed by atoms with Gasteiger partial charge in [-0.15, -0.1) is 0 Å². The van der Waals surface area contributed by atoms with Gasteiger partial charge in [0.1, 0.15) is 0 Å². The first kappa shape index (κ1) is 20.5. The van der Waals surface area contributed by atoms with E-state index >= 15 is 0 Å². The molecule has 0 bridgehead atoms. The van der Waals surface area contributed by atoms with Crippen molar-refractivity contribution in [1.82, 2.24) is 0 Å². The van der Waals surface area contributed by atoms with Crippen LogP contribution in [0.5, 0.6) is 0 Å². The molecule has 0 atom stereocenters. The average Bonchev–Trinajstić information content (AvgIpc) is 2.83. The summed E-state index contributed by atoms with van der Waals surface area (Å²) in [6.45, 7) is 2.89. The zero-order valence-electron chi connectivity index (χ0n) is 14.3. The van der Waals surface area contributed by atoms with Gasteiger partial charge >= 0.3 is 24.4 Å². The molecule has 0 radical (unpaired) electrons. The molecule has 28 heavy (non-hydrogen) atoms. The monoisotopic (exact) mass is 412 g/mol. The molecule has 2 heterocycles. The van der Waals surface area contributed by atoms with E-state index in [-0.39, 0.29) is 5.56 Å². The number of benzene rings is 2. The molecule has 2 aromatic carbocycles. The van der Waals surface area contributed by atoms with Gasteiger partial charge in [-0.1, -0.05) is 23.8 Å². The second kappa shape index (κ2) is 6.15. The molecule has 2 aliphatic heterocycles. The van der Waals surface area contributed by atoms with Crippen LogP contribution < -0.4 is 0 Å². The number of ether oxygens (including phenoxy) is 2. The Morgan fingerprint density at radius 3 is 1.75 bits per heavy atom. The van der Waals surface area contributed by atoms with Crippen LogP contribution in [0.25, 0.3) is 0 Å². The standard InChI is InChI=1S/2C9H6F4O/c1-5-2-3-6-7(4-5)9(12,13)14-8(6,10)11;1-5-3-2-4-6-7(5)9(12,13)14-8(6,10)11/h2*2-4H,1H3. The number of aryl methyl sites for hydroxylation is 2. The molecule has 0 N–H and O–H groups in total. The van der Waals surface area contributed by atoms with Gasteiger partial charge in [0.2, 0.25) is 0 Å². The van der Waals surface area contributed by atoms with E-state index in [0.717, 1.165) is 18.2 Å². The van der Waals surface area contributed by atoms with Crippen LogP contribution in [0, 0.1) is 13.8 Å². The van der Waals surface area contributed by atoms with Crippen molar-refractivity contribution >= 4 is 0 Å². The quantitative estimate of drug-likeness (QED) is 0.477. The maximum Gasteiger partial charge on any atom is 0.388 e. The molecular weight excluding hydrogens is 400 g/mol. The summed E-state index contributed by atoms with van der Waals surface area (Å²) in [7, 11) is 0. The topological polar surface area (TPSA) is 18.5 Å². The molecule has 0 saturated carbocycles. The van der Waals surface area contributed by atoms with E-state index in [0.29, 0.717) is 5.56 Å². The van der Waals surface area contributed by atoms with Crippen LogP contribution in [0.3, 0.4) is 0 Å². The van der Waals surface area contributed by atoms with Crippen LogP contribution in [0.15, 0.2) is 36.4 Å². The highest BCUT2D eigenvalue weighted by Gasteiger charge is 2.58. The molecule has 2 aromatic rings. The molecule has 0 amide bonds. The predicted molar refractivity (Wildman–Crippen MR) is 80.1 cm³/mol. The lowest BCUT2D eigenvalue weighted by molar-refractivity contribution is -0.370. The molecule has 2 aliphatic rings. The molecule has 0 fully saturated rings. The summed E-state index contributed by atoms with van der Waals surface area (Å²) < 4.78 is 110. The Balaban J connectivity index is 0.000000161. The Labute approximate surface area is 153 Å². The summed E-state index contributed by atoms with van der Waals surface area (Å²) in [6, 6.07) is 6.91. The summed E-state index contributed by atoms with van der Waals surface area (Å²) in [5.41, 5.74) is -2.38. The van der Waals surface area contributed by atoms with Crippen molar-refractivity contribution in [2.24, 2.45) is 0 Å². The van der Waals surface area contributed by atoms with Crippen molar-refractivity contribution in [3.8, 4) is 0 Å². The Morgan fingerprint density at radius 2 is 1.14 bits per heavy atom. The van der Waals surface area contributed by atoms with Crippen LogP contribution in [0.1, 0.15) is 33.4 Å². The van der Waals surface area contributed by atoms with Gasteiger partial charge in [0.05, 0.1) is 22.3 Å². The molecule has 0 aromatic heterocycles. The summed E-state index contributed by atoms with van der Waals surface area (Å²) >= 11 is 0. The third-order valence-corrected chi connectivity index (χ3v) is 4.19. The normalized spacial score (nSPS) is 22.1. The maximum absolute atomic E-state index is 13.0. The van der Waals surface area contributed by atoms with Gasteiger partial charge in [0.15, 0.2) is 0 Å². The first-order valence-corrected chi connectivity index (χ1v) is 7.81. The average molecular weight is 412 g/mol. The molecule has 10 heteroatoms. The molecule has 4 rings (SSSR count). The highest BCUT2D eigenvalue weighted by atomic mass is 19.3. The highest BCUT2D eigenvalue weighted by Crippen LogP contribution is 2.52. The molecule has 0 unspecified atom stereocenters. The van der Waals surface area contributed by atoms with E-state index < -0.39 is 46.7 Å². The van der Waals surface area contributed by atoms with Crippen molar-refractivity contribution < 1.29 is 44.6 Å². The van der Waals surface area contributed by atoms with Crippen molar-refractivity contribution in [3.63, 3.8) is 0 Å². The van der Waals surface area contributed by atoms with Crippen LogP contribution >= 0.6 is 0 Å². The van der Waals surface area contributed by atoms with Crippen molar-refractivity contribution in [2.45, 2.75) is 38.3 Å². The Kier molecular flexibility index (Phi) is 4.51. The van der Waals surface area contributed by atoms with Crippen molar-refractivity contribution in [1.29, 1.82) is 0 Å². The minimum atomic E-state index is -3.90. The van der Waals surface area contributed by atoms with E-state index in [9.17, 15) is 35.1 Å². The Morgan fingerprint density at radius 1 is 0.607 bits per heavy atom. The third-order valence-electron chi connectivity index (χ3n) is 4.19. The number of alkyl halides is 8. The van der Waals surface area contributed by atoms with E-state index in [1.54, 1.807) is 6.92 Å². The number of rotatable bonds is 0. The molecule has 2 nitrogen and oxygen atoms in total. The SMILES string of the molecule is Cc1ccc2c(c1)C(F)(F)OC2(F)F.Cc1cccc2c1C(F)(F)OC2(F)F. The van der Waals surface area contributed by atoms with Crippen LogP contribution in [-0.2, 0) is 33.9 Å². The summed E-state index contributed by atoms with van der Waals surface area (Å²) in [5, 5.41) is 0. The highest BCUT2D eigenvalue weighted by molar-refractivity contribution is 5.41. The van der Waals surface area contributed by atoms with Crippen molar-refractivity contribution in [3.05, 3.63) is 69.8 Å². The molecule has 0 aliphatic carbocycles. The van der Waals surface area contributed by atoms with E-state index in [4.69, 9.17) is 0 Å². The fourth-order valence-electron chi connectivity index (χ4n) is 2.99. The zero-order chi connectivity index (χ0) is 21.1. The second-order valence-corrected chi connectivity index (χ2v) is 6.32. The minimum Gasteiger partial charge on any atom is -0.247 e. The van der Waals surface area contributed by atoms with E-state index in [1.807, 2.05) is 0 Å². The minimum absolute atomic E-state index is 0.102. The van der Waals surface area contributed by atoms with Crippen LogP contribution in [0.4, 0.5) is 35.1 Å². The third kappa shape index (κ3) is 3.35. The number of hydrogen-bond acceptors (Lipinski definition) is 2. The van der Waals surface area contributed by atoms with Gasteiger partial charge in [-0.3, -0.25) is 0 Å². The second-order valence-electron chi connectivity index (χ2n) is 6.32. The fraction of sp³-hybridized carbons (Fsp3) is 0.333. The van der Waals surface area contributed by atoms with Gasteiger partial charge in [0.25, 0.3) is 0 Å². The molecular formula is C18H12F8O2. The first-order chi connectivity index (χ1) is 12.7. The Bertz CT molecular complexity index is 918. The largest absolute Gasteiger partial charge is 0.388 e. The maximum atomic E-state index is 13.0. The number of hydrogen-bond donors (Lipinski definition) is 0. The molecule has 0 saturated heterocycles. The van der Waals surface area contributed by atoms with E-state index in [1.165, 1.54) is 25.1 Å². The van der Waals surface area contributed by atoms with Crippen LogP contribution in [-0.4, -0.2) is 0 Å². The molecule has 152 valence electrons. The fourth-order valence-corrected chi connectivity index (χ4v) is 2.99. The number of fused-ring (bicyclic) bond motifs is 2. The summed E-state index contributed by atoms with van der Waals surface area (Å²) in [6.07, 6.45) is -15.6. The van der Waals surface area contributed by atoms with Gasteiger partial charge in [-0.05, 0) is 37.6 Å². The van der Waals surface area contributed by atoms with Gasteiger partial charge in [-0.2, -0.15) is 35.1 Å². The summed E-state index contributed by atoms with van der Waals surface area (Å²) in [4.78, 5) is 0. The lowest BCUT2D eigenvalue weighted by Crippen LogP contribution is -2.18. The smallest absolute Gasteiger partial charge is 0.247 e. The van der Waals surface area contributed by atoms with E-state index in [2.05, 4.69) is 9.47 Å². The first-order valence-electron chi connectivity index (χ1n) is 7.81. The lowest BCUT2D eigenvalue weighted by atomic mass is 10.0. The predicted octanol–water partition coefficient (Wildman–Crippen LogP) is 6.25. The Hall–Kier alpha value is -2.20. The zero-order valence-corrected chi connectivity index (χ0v) is 14.3. The number of halogens is 8. The molecule has 0 spiro atoms. The van der Waals surface area contributed by atoms with Gasteiger partial charge < -0.3 is 0 Å². The summed E-state index contributed by atoms with van der Waals surface area (Å²) in [5.74, 6) is 0. The lowest BCUT2D eigenvalue weighted by Gasteiger charge is -2.11. The van der Waals surface area contributed by atoms with Gasteiger partial charge in [-0.25, -0.2) is 9.47 Å². The van der Waals surface area contributed by atoms with Crippen molar-refractivity contribution in [2.75, 3.05) is 0 Å². The van der Waals surface area contributed by atoms with Crippen LogP contribution in [0.2, 0.25) is 0 Å².